The van der Waals surface area contributed by atoms with Gasteiger partial charge in [0, 0.05) is 17.8 Å². The second-order valence-corrected chi connectivity index (χ2v) is 4.28. The molecule has 1 aliphatic carbocycles. The normalized spacial score (nSPS) is 20.5. The molecule has 0 fully saturated rings. The summed E-state index contributed by atoms with van der Waals surface area (Å²) in [5.74, 6) is 0.750. The maximum absolute atomic E-state index is 4.55. The van der Waals surface area contributed by atoms with Crippen LogP contribution in [0.5, 0.6) is 0 Å². The highest BCUT2D eigenvalue weighted by molar-refractivity contribution is 5.25. The maximum atomic E-state index is 4.55. The van der Waals surface area contributed by atoms with Crippen LogP contribution >= 0.6 is 0 Å². The topological polar surface area (TPSA) is 12.9 Å². The van der Waals surface area contributed by atoms with Crippen molar-refractivity contribution in [3.05, 3.63) is 29.6 Å². The SMILES string of the molecule is CCCCC1CCCc2cccnc21. The number of pyridine rings is 1. The summed E-state index contributed by atoms with van der Waals surface area (Å²) in [6.07, 6.45) is 9.88. The fourth-order valence-corrected chi connectivity index (χ4v) is 2.44. The molecule has 0 spiro atoms. The number of rotatable bonds is 3. The zero-order chi connectivity index (χ0) is 9.80. The standard InChI is InChI=1S/C13H19N/c1-2-3-6-11-7-4-8-12-9-5-10-14-13(11)12/h5,9-11H,2-4,6-8H2,1H3. The molecular formula is C13H19N. The number of hydrogen-bond acceptors (Lipinski definition) is 1. The summed E-state index contributed by atoms with van der Waals surface area (Å²) in [7, 11) is 0. The Bertz CT molecular complexity index is 293. The van der Waals surface area contributed by atoms with Crippen LogP contribution in [0.3, 0.4) is 0 Å². The molecule has 0 radical (unpaired) electrons. The largest absolute Gasteiger partial charge is 0.261 e. The van der Waals surface area contributed by atoms with Crippen molar-refractivity contribution < 1.29 is 0 Å². The van der Waals surface area contributed by atoms with E-state index in [2.05, 4.69) is 24.0 Å². The molecule has 1 nitrogen and oxygen atoms in total. The van der Waals surface area contributed by atoms with Crippen LogP contribution in [0.4, 0.5) is 0 Å². The molecule has 2 rings (SSSR count). The molecule has 0 bridgehead atoms. The molecule has 0 saturated heterocycles. The molecule has 14 heavy (non-hydrogen) atoms. The van der Waals surface area contributed by atoms with Crippen molar-refractivity contribution in [1.82, 2.24) is 4.98 Å². The van der Waals surface area contributed by atoms with Gasteiger partial charge in [-0.1, -0.05) is 25.8 Å². The Balaban J connectivity index is 2.14. The van der Waals surface area contributed by atoms with Crippen LogP contribution in [-0.4, -0.2) is 4.98 Å². The van der Waals surface area contributed by atoms with E-state index in [-0.39, 0.29) is 0 Å². The first-order valence-corrected chi connectivity index (χ1v) is 5.85. The van der Waals surface area contributed by atoms with Gasteiger partial charge in [-0.05, 0) is 37.3 Å². The van der Waals surface area contributed by atoms with Crippen LogP contribution in [0.2, 0.25) is 0 Å². The van der Waals surface area contributed by atoms with E-state index in [1.165, 1.54) is 49.8 Å². The summed E-state index contributed by atoms with van der Waals surface area (Å²) in [5, 5.41) is 0. The monoisotopic (exact) mass is 189 g/mol. The lowest BCUT2D eigenvalue weighted by molar-refractivity contribution is 0.489. The first-order chi connectivity index (χ1) is 6.92. The molecule has 0 aromatic carbocycles. The lowest BCUT2D eigenvalue weighted by atomic mass is 9.84. The smallest absolute Gasteiger partial charge is 0.0466 e. The number of aryl methyl sites for hydroxylation is 1. The molecule has 1 aromatic heterocycles. The van der Waals surface area contributed by atoms with Crippen LogP contribution in [0.1, 0.15) is 56.2 Å². The number of aromatic nitrogens is 1. The first-order valence-electron chi connectivity index (χ1n) is 5.85. The quantitative estimate of drug-likeness (QED) is 0.706. The number of unbranched alkanes of at least 4 members (excludes halogenated alkanes) is 1. The Morgan fingerprint density at radius 3 is 3.29 bits per heavy atom. The van der Waals surface area contributed by atoms with E-state index in [0.29, 0.717) is 0 Å². The Hall–Kier alpha value is -0.850. The molecule has 1 heteroatoms. The summed E-state index contributed by atoms with van der Waals surface area (Å²) in [6.45, 7) is 2.27. The molecule has 0 N–H and O–H groups in total. The van der Waals surface area contributed by atoms with Crippen LogP contribution < -0.4 is 0 Å². The number of fused-ring (bicyclic) bond motifs is 1. The Labute approximate surface area is 86.6 Å². The second kappa shape index (κ2) is 4.59. The van der Waals surface area contributed by atoms with Crippen molar-refractivity contribution in [2.45, 2.75) is 51.4 Å². The molecule has 1 heterocycles. The molecule has 0 amide bonds. The van der Waals surface area contributed by atoms with Crippen molar-refractivity contribution in [2.24, 2.45) is 0 Å². The summed E-state index contributed by atoms with van der Waals surface area (Å²) in [4.78, 5) is 4.55. The van der Waals surface area contributed by atoms with Gasteiger partial charge in [0.15, 0.2) is 0 Å². The molecule has 0 saturated carbocycles. The van der Waals surface area contributed by atoms with E-state index in [0.717, 1.165) is 5.92 Å². The van der Waals surface area contributed by atoms with Gasteiger partial charge in [-0.2, -0.15) is 0 Å². The van der Waals surface area contributed by atoms with Gasteiger partial charge in [-0.25, -0.2) is 0 Å². The Morgan fingerprint density at radius 1 is 1.50 bits per heavy atom. The average molecular weight is 189 g/mol. The number of nitrogens with zero attached hydrogens (tertiary/aromatic N) is 1. The zero-order valence-electron chi connectivity index (χ0n) is 9.00. The summed E-state index contributed by atoms with van der Waals surface area (Å²) in [5.41, 5.74) is 2.90. The van der Waals surface area contributed by atoms with Gasteiger partial charge in [0.05, 0.1) is 0 Å². The molecule has 76 valence electrons. The summed E-state index contributed by atoms with van der Waals surface area (Å²) in [6, 6.07) is 4.32. The maximum Gasteiger partial charge on any atom is 0.0466 e. The van der Waals surface area contributed by atoms with E-state index < -0.39 is 0 Å². The van der Waals surface area contributed by atoms with Gasteiger partial charge in [0.2, 0.25) is 0 Å². The fraction of sp³-hybridized carbons (Fsp3) is 0.615. The third-order valence-electron chi connectivity index (χ3n) is 3.22. The van der Waals surface area contributed by atoms with Gasteiger partial charge in [0.25, 0.3) is 0 Å². The predicted octanol–water partition coefficient (Wildman–Crippen LogP) is 3.69. The molecule has 1 atom stereocenters. The van der Waals surface area contributed by atoms with Crippen LogP contribution in [-0.2, 0) is 6.42 Å². The Kier molecular flexibility index (Phi) is 3.18. The van der Waals surface area contributed by atoms with Gasteiger partial charge >= 0.3 is 0 Å². The number of hydrogen-bond donors (Lipinski definition) is 0. The highest BCUT2D eigenvalue weighted by atomic mass is 14.7. The van der Waals surface area contributed by atoms with E-state index in [1.807, 2.05) is 6.20 Å². The van der Waals surface area contributed by atoms with Gasteiger partial charge in [0.1, 0.15) is 0 Å². The van der Waals surface area contributed by atoms with Crippen molar-refractivity contribution in [1.29, 1.82) is 0 Å². The minimum Gasteiger partial charge on any atom is -0.261 e. The fourth-order valence-electron chi connectivity index (χ4n) is 2.44. The molecular weight excluding hydrogens is 170 g/mol. The Morgan fingerprint density at radius 2 is 2.43 bits per heavy atom. The van der Waals surface area contributed by atoms with E-state index in [1.54, 1.807) is 0 Å². The molecule has 1 unspecified atom stereocenters. The zero-order valence-corrected chi connectivity index (χ0v) is 9.00. The summed E-state index contributed by atoms with van der Waals surface area (Å²) < 4.78 is 0. The van der Waals surface area contributed by atoms with Crippen molar-refractivity contribution >= 4 is 0 Å². The van der Waals surface area contributed by atoms with Crippen molar-refractivity contribution in [2.75, 3.05) is 0 Å². The van der Waals surface area contributed by atoms with Crippen LogP contribution in [0.25, 0.3) is 0 Å². The lowest BCUT2D eigenvalue weighted by Crippen LogP contribution is -2.11. The van der Waals surface area contributed by atoms with Gasteiger partial charge in [-0.15, -0.1) is 0 Å². The predicted molar refractivity (Wildman–Crippen MR) is 59.4 cm³/mol. The van der Waals surface area contributed by atoms with Gasteiger partial charge < -0.3 is 0 Å². The third kappa shape index (κ3) is 1.97. The van der Waals surface area contributed by atoms with Crippen molar-refractivity contribution in [3.8, 4) is 0 Å². The second-order valence-electron chi connectivity index (χ2n) is 4.28. The first kappa shape index (κ1) is 9.70. The average Bonchev–Trinajstić information content (AvgIpc) is 2.26. The minimum absolute atomic E-state index is 0.750. The van der Waals surface area contributed by atoms with E-state index in [4.69, 9.17) is 0 Å². The highest BCUT2D eigenvalue weighted by Crippen LogP contribution is 2.33. The minimum atomic E-state index is 0.750. The lowest BCUT2D eigenvalue weighted by Gasteiger charge is -2.23. The van der Waals surface area contributed by atoms with Crippen LogP contribution in [0.15, 0.2) is 18.3 Å². The molecule has 0 aliphatic heterocycles. The summed E-state index contributed by atoms with van der Waals surface area (Å²) >= 11 is 0. The van der Waals surface area contributed by atoms with E-state index >= 15 is 0 Å². The third-order valence-corrected chi connectivity index (χ3v) is 3.22. The van der Waals surface area contributed by atoms with Crippen LogP contribution in [0, 0.1) is 0 Å². The van der Waals surface area contributed by atoms with Gasteiger partial charge in [-0.3, -0.25) is 4.98 Å². The highest BCUT2D eigenvalue weighted by Gasteiger charge is 2.20. The molecule has 1 aromatic rings. The van der Waals surface area contributed by atoms with E-state index in [9.17, 15) is 0 Å². The molecule has 1 aliphatic rings. The van der Waals surface area contributed by atoms with Crippen molar-refractivity contribution in [3.63, 3.8) is 0 Å².